The van der Waals surface area contributed by atoms with Crippen LogP contribution in [0, 0.1) is 5.92 Å². The predicted molar refractivity (Wildman–Crippen MR) is 93.5 cm³/mol. The number of pyridine rings is 1. The molecule has 7 nitrogen and oxygen atoms in total. The summed E-state index contributed by atoms with van der Waals surface area (Å²) in [6.45, 7) is 1.39. The Labute approximate surface area is 147 Å². The van der Waals surface area contributed by atoms with E-state index >= 15 is 0 Å². The van der Waals surface area contributed by atoms with Crippen LogP contribution in [0.2, 0.25) is 0 Å². The summed E-state index contributed by atoms with van der Waals surface area (Å²) in [4.78, 5) is 27.3. The van der Waals surface area contributed by atoms with Gasteiger partial charge >= 0.3 is 0 Å². The lowest BCUT2D eigenvalue weighted by Gasteiger charge is -2.07. The largest absolute Gasteiger partial charge is 0.383 e. The van der Waals surface area contributed by atoms with Gasteiger partial charge in [0.05, 0.1) is 25.0 Å². The molecule has 1 aliphatic rings. The van der Waals surface area contributed by atoms with Gasteiger partial charge in [-0.3, -0.25) is 9.59 Å². The smallest absolute Gasteiger partial charge is 0.238 e. The molecule has 1 saturated carbocycles. The van der Waals surface area contributed by atoms with E-state index in [1.165, 1.54) is 6.20 Å². The summed E-state index contributed by atoms with van der Waals surface area (Å²) in [5.41, 5.74) is 0.595. The zero-order valence-corrected chi connectivity index (χ0v) is 14.5. The maximum atomic E-state index is 11.6. The van der Waals surface area contributed by atoms with Crippen LogP contribution in [0.3, 0.4) is 0 Å². The fourth-order valence-corrected chi connectivity index (χ4v) is 1.70. The van der Waals surface area contributed by atoms with Crippen molar-refractivity contribution < 1.29 is 14.3 Å². The molecule has 1 aromatic rings. The van der Waals surface area contributed by atoms with Crippen LogP contribution < -0.4 is 16.0 Å². The first kappa shape index (κ1) is 21.6. The maximum absolute atomic E-state index is 11.6. The third-order valence-corrected chi connectivity index (χ3v) is 3.02. The normalized spacial score (nSPS) is 12.6. The number of carbonyl (C=O) groups is 2. The van der Waals surface area contributed by atoms with E-state index in [9.17, 15) is 9.59 Å². The molecule has 0 aromatic carbocycles. The Morgan fingerprint density at radius 2 is 2.00 bits per heavy atom. The molecular weight excluding hydrogens is 343 g/mol. The first-order chi connectivity index (χ1) is 10.2. The number of carbonyl (C=O) groups excluding carboxylic acids is 2. The fraction of sp³-hybridized carbons (Fsp3) is 0.500. The summed E-state index contributed by atoms with van der Waals surface area (Å²) in [7, 11) is 1.61. The molecular formula is C14H22Cl2N4O3. The van der Waals surface area contributed by atoms with Crippen molar-refractivity contribution in [2.75, 3.05) is 37.4 Å². The number of rotatable bonds is 8. The molecule has 23 heavy (non-hydrogen) atoms. The quantitative estimate of drug-likeness (QED) is 0.607. The van der Waals surface area contributed by atoms with Gasteiger partial charge in [-0.15, -0.1) is 24.8 Å². The van der Waals surface area contributed by atoms with Crippen LogP contribution in [0.25, 0.3) is 0 Å². The van der Waals surface area contributed by atoms with Gasteiger partial charge in [0.15, 0.2) is 0 Å². The van der Waals surface area contributed by atoms with Crippen molar-refractivity contribution in [3.63, 3.8) is 0 Å². The van der Waals surface area contributed by atoms with Gasteiger partial charge in [0.1, 0.15) is 5.82 Å². The number of nitrogens with zero attached hydrogens (tertiary/aromatic N) is 1. The van der Waals surface area contributed by atoms with Crippen molar-refractivity contribution in [2.24, 2.45) is 5.92 Å². The monoisotopic (exact) mass is 364 g/mol. The summed E-state index contributed by atoms with van der Waals surface area (Å²) in [5, 5.41) is 8.41. The van der Waals surface area contributed by atoms with Crippen molar-refractivity contribution in [2.45, 2.75) is 12.8 Å². The molecule has 0 unspecified atom stereocenters. The zero-order chi connectivity index (χ0) is 15.1. The van der Waals surface area contributed by atoms with Crippen LogP contribution in [-0.4, -0.2) is 43.6 Å². The first-order valence-electron chi connectivity index (χ1n) is 6.95. The summed E-state index contributed by atoms with van der Waals surface area (Å²) in [6.07, 6.45) is 3.43. The minimum atomic E-state index is -0.150. The van der Waals surface area contributed by atoms with E-state index in [4.69, 9.17) is 4.74 Å². The Balaban J connectivity index is 0.00000242. The highest BCUT2D eigenvalue weighted by Crippen LogP contribution is 2.29. The standard InChI is InChI=1S/C14H20N4O3.2ClH/c1-21-7-6-15-9-13(19)17-11-4-5-12(16-8-11)18-14(20)10-2-3-10;;/h4-5,8,10,15H,2-3,6-7,9H2,1H3,(H,17,19)(H,16,18,20);2*1H. The number of methoxy groups -OCH3 is 1. The summed E-state index contributed by atoms with van der Waals surface area (Å²) >= 11 is 0. The summed E-state index contributed by atoms with van der Waals surface area (Å²) in [5.74, 6) is 0.511. The SMILES string of the molecule is COCCNCC(=O)Nc1ccc(NC(=O)C2CC2)nc1.Cl.Cl. The molecule has 2 rings (SSSR count). The highest BCUT2D eigenvalue weighted by Gasteiger charge is 2.29. The number of ether oxygens (including phenoxy) is 1. The van der Waals surface area contributed by atoms with Gasteiger partial charge in [-0.1, -0.05) is 0 Å². The number of hydrogen-bond donors (Lipinski definition) is 3. The molecule has 0 spiro atoms. The van der Waals surface area contributed by atoms with E-state index in [0.717, 1.165) is 12.8 Å². The molecule has 2 amide bonds. The van der Waals surface area contributed by atoms with E-state index < -0.39 is 0 Å². The number of nitrogens with one attached hydrogen (secondary N) is 3. The Hall–Kier alpha value is -1.41. The van der Waals surface area contributed by atoms with Crippen molar-refractivity contribution in [3.8, 4) is 0 Å². The molecule has 1 aliphatic carbocycles. The summed E-state index contributed by atoms with van der Waals surface area (Å²) in [6, 6.07) is 3.39. The van der Waals surface area contributed by atoms with Crippen molar-refractivity contribution in [3.05, 3.63) is 18.3 Å². The fourth-order valence-electron chi connectivity index (χ4n) is 1.70. The lowest BCUT2D eigenvalue weighted by atomic mass is 10.3. The van der Waals surface area contributed by atoms with Crippen LogP contribution in [0.4, 0.5) is 11.5 Å². The third-order valence-electron chi connectivity index (χ3n) is 3.02. The Kier molecular flexibility index (Phi) is 10.5. The number of aromatic nitrogens is 1. The van der Waals surface area contributed by atoms with Gasteiger partial charge in [-0.05, 0) is 25.0 Å². The zero-order valence-electron chi connectivity index (χ0n) is 12.8. The Bertz CT molecular complexity index is 495. The van der Waals surface area contributed by atoms with Gasteiger partial charge in [0, 0.05) is 19.6 Å². The third kappa shape index (κ3) is 8.13. The Morgan fingerprint density at radius 3 is 2.57 bits per heavy atom. The molecule has 0 radical (unpaired) electrons. The van der Waals surface area contributed by atoms with E-state index in [0.29, 0.717) is 24.7 Å². The van der Waals surface area contributed by atoms with Gasteiger partial charge in [0.2, 0.25) is 11.8 Å². The summed E-state index contributed by atoms with van der Waals surface area (Å²) < 4.78 is 4.87. The number of amides is 2. The lowest BCUT2D eigenvalue weighted by Crippen LogP contribution is -2.30. The average molecular weight is 365 g/mol. The predicted octanol–water partition coefficient (Wildman–Crippen LogP) is 1.45. The molecule has 3 N–H and O–H groups in total. The van der Waals surface area contributed by atoms with Crippen molar-refractivity contribution >= 4 is 48.1 Å². The molecule has 0 aliphatic heterocycles. The number of halogens is 2. The second-order valence-electron chi connectivity index (χ2n) is 4.91. The van der Waals surface area contributed by atoms with E-state index in [2.05, 4.69) is 20.9 Å². The van der Waals surface area contributed by atoms with Crippen LogP contribution >= 0.6 is 24.8 Å². The van der Waals surface area contributed by atoms with Crippen molar-refractivity contribution in [1.29, 1.82) is 0 Å². The molecule has 1 heterocycles. The van der Waals surface area contributed by atoms with Crippen molar-refractivity contribution in [1.82, 2.24) is 10.3 Å². The van der Waals surface area contributed by atoms with Gasteiger partial charge in [-0.2, -0.15) is 0 Å². The van der Waals surface area contributed by atoms with Crippen LogP contribution in [0.5, 0.6) is 0 Å². The van der Waals surface area contributed by atoms with E-state index in [1.807, 2.05) is 0 Å². The van der Waals surface area contributed by atoms with Crippen LogP contribution in [0.15, 0.2) is 18.3 Å². The molecule has 130 valence electrons. The number of anilines is 2. The molecule has 1 aromatic heterocycles. The second-order valence-corrected chi connectivity index (χ2v) is 4.91. The lowest BCUT2D eigenvalue weighted by molar-refractivity contribution is -0.117. The average Bonchev–Trinajstić information content (AvgIpc) is 3.30. The van der Waals surface area contributed by atoms with E-state index in [-0.39, 0.29) is 49.1 Å². The highest BCUT2D eigenvalue weighted by molar-refractivity contribution is 5.94. The maximum Gasteiger partial charge on any atom is 0.238 e. The molecule has 0 saturated heterocycles. The first-order valence-corrected chi connectivity index (χ1v) is 6.95. The molecule has 9 heteroatoms. The number of hydrogen-bond acceptors (Lipinski definition) is 5. The van der Waals surface area contributed by atoms with Crippen LogP contribution in [0.1, 0.15) is 12.8 Å². The van der Waals surface area contributed by atoms with E-state index in [1.54, 1.807) is 19.2 Å². The minimum absolute atomic E-state index is 0. The topological polar surface area (TPSA) is 92.4 Å². The van der Waals surface area contributed by atoms with Gasteiger partial charge in [-0.25, -0.2) is 4.98 Å². The van der Waals surface area contributed by atoms with Crippen LogP contribution in [-0.2, 0) is 14.3 Å². The molecule has 0 atom stereocenters. The highest BCUT2D eigenvalue weighted by atomic mass is 35.5. The molecule has 0 bridgehead atoms. The van der Waals surface area contributed by atoms with Gasteiger partial charge < -0.3 is 20.7 Å². The Morgan fingerprint density at radius 1 is 1.26 bits per heavy atom. The molecule has 1 fully saturated rings. The second kappa shape index (κ2) is 11.2. The minimum Gasteiger partial charge on any atom is -0.383 e. The van der Waals surface area contributed by atoms with Gasteiger partial charge in [0.25, 0.3) is 0 Å².